The van der Waals surface area contributed by atoms with E-state index in [0.717, 1.165) is 40.2 Å². The lowest BCUT2D eigenvalue weighted by atomic mass is 10.0. The number of aromatic nitrogens is 1. The van der Waals surface area contributed by atoms with Gasteiger partial charge in [0.1, 0.15) is 11.5 Å². The second-order valence-electron chi connectivity index (χ2n) is 5.23. The Hall–Kier alpha value is -1.97. The van der Waals surface area contributed by atoms with Gasteiger partial charge in [-0.2, -0.15) is 0 Å². The average Bonchev–Trinajstić information content (AvgIpc) is 2.44. The summed E-state index contributed by atoms with van der Waals surface area (Å²) < 4.78 is 10.8. The van der Waals surface area contributed by atoms with Crippen molar-refractivity contribution in [2.45, 2.75) is 20.3 Å². The molecule has 0 aliphatic heterocycles. The van der Waals surface area contributed by atoms with Crippen molar-refractivity contribution in [2.75, 3.05) is 26.6 Å². The third kappa shape index (κ3) is 2.79. The molecule has 4 heteroatoms. The number of methoxy groups -OCH3 is 2. The molecule has 1 N–H and O–H groups in total. The fourth-order valence-electron chi connectivity index (χ4n) is 2.36. The zero-order chi connectivity index (χ0) is 14.7. The van der Waals surface area contributed by atoms with Crippen LogP contribution in [0, 0.1) is 5.92 Å². The van der Waals surface area contributed by atoms with Gasteiger partial charge < -0.3 is 14.8 Å². The number of rotatable bonds is 5. The summed E-state index contributed by atoms with van der Waals surface area (Å²) in [6.45, 7) is 4.38. The lowest BCUT2D eigenvalue weighted by Crippen LogP contribution is -2.02. The first-order valence-electron chi connectivity index (χ1n) is 6.82. The van der Waals surface area contributed by atoms with E-state index in [1.165, 1.54) is 0 Å². The van der Waals surface area contributed by atoms with Crippen LogP contribution in [0.1, 0.15) is 19.5 Å². The quantitative estimate of drug-likeness (QED) is 0.906. The summed E-state index contributed by atoms with van der Waals surface area (Å²) >= 11 is 0. The Morgan fingerprint density at radius 2 is 1.90 bits per heavy atom. The highest BCUT2D eigenvalue weighted by Crippen LogP contribution is 2.35. The van der Waals surface area contributed by atoms with Crippen LogP contribution in [-0.2, 0) is 6.42 Å². The Morgan fingerprint density at radius 1 is 1.15 bits per heavy atom. The number of nitrogens with zero attached hydrogens (tertiary/aromatic N) is 1. The van der Waals surface area contributed by atoms with Gasteiger partial charge in [-0.25, -0.2) is 0 Å². The summed E-state index contributed by atoms with van der Waals surface area (Å²) in [6, 6.07) is 5.92. The first-order chi connectivity index (χ1) is 9.58. The summed E-state index contributed by atoms with van der Waals surface area (Å²) in [6.07, 6.45) is 0.949. The maximum atomic E-state index is 5.47. The van der Waals surface area contributed by atoms with E-state index in [9.17, 15) is 0 Å². The van der Waals surface area contributed by atoms with Crippen molar-refractivity contribution in [1.29, 1.82) is 0 Å². The Morgan fingerprint density at radius 3 is 2.45 bits per heavy atom. The zero-order valence-electron chi connectivity index (χ0n) is 12.8. The molecule has 0 aliphatic carbocycles. The van der Waals surface area contributed by atoms with E-state index < -0.39 is 0 Å². The summed E-state index contributed by atoms with van der Waals surface area (Å²) in [5, 5.41) is 4.22. The molecule has 0 unspecified atom stereocenters. The Balaban J connectivity index is 2.69. The van der Waals surface area contributed by atoms with Gasteiger partial charge >= 0.3 is 0 Å². The maximum absolute atomic E-state index is 5.47. The van der Waals surface area contributed by atoms with Crippen LogP contribution in [0.25, 0.3) is 10.9 Å². The smallest absolute Gasteiger partial charge is 0.134 e. The van der Waals surface area contributed by atoms with Crippen molar-refractivity contribution in [3.05, 3.63) is 23.9 Å². The van der Waals surface area contributed by atoms with Crippen LogP contribution < -0.4 is 14.8 Å². The summed E-state index contributed by atoms with van der Waals surface area (Å²) in [5.41, 5.74) is 3.00. The van der Waals surface area contributed by atoms with E-state index in [4.69, 9.17) is 14.5 Å². The van der Waals surface area contributed by atoms with Gasteiger partial charge in [-0.1, -0.05) is 13.8 Å². The minimum atomic E-state index is 0.567. The standard InChI is InChI=1S/C16H22N2O2/c1-10(2)6-11-7-13(17-3)16-14(18-11)8-12(19-4)9-15(16)20-5/h7-10H,6H2,1-5H3,(H,17,18). The fraction of sp³-hybridized carbons (Fsp3) is 0.438. The van der Waals surface area contributed by atoms with Crippen LogP contribution in [-0.4, -0.2) is 26.3 Å². The molecule has 4 nitrogen and oxygen atoms in total. The van der Waals surface area contributed by atoms with E-state index in [-0.39, 0.29) is 0 Å². The largest absolute Gasteiger partial charge is 0.497 e. The third-order valence-electron chi connectivity index (χ3n) is 3.24. The van der Waals surface area contributed by atoms with Gasteiger partial charge in [0.05, 0.1) is 25.1 Å². The number of hydrogen-bond acceptors (Lipinski definition) is 4. The predicted molar refractivity (Wildman–Crippen MR) is 82.9 cm³/mol. The van der Waals surface area contributed by atoms with Gasteiger partial charge in [0.15, 0.2) is 0 Å². The van der Waals surface area contributed by atoms with E-state index in [1.807, 2.05) is 19.2 Å². The molecule has 1 heterocycles. The number of fused-ring (bicyclic) bond motifs is 1. The number of hydrogen-bond donors (Lipinski definition) is 1. The summed E-state index contributed by atoms with van der Waals surface area (Å²) in [7, 11) is 5.23. The molecule has 2 rings (SSSR count). The first-order valence-corrected chi connectivity index (χ1v) is 6.82. The SMILES string of the molecule is CNc1cc(CC(C)C)nc2cc(OC)cc(OC)c12. The van der Waals surface area contributed by atoms with E-state index in [2.05, 4.69) is 25.2 Å². The van der Waals surface area contributed by atoms with Gasteiger partial charge in [-0.05, 0) is 18.4 Å². The minimum absolute atomic E-state index is 0.567. The van der Waals surface area contributed by atoms with Gasteiger partial charge in [0, 0.05) is 30.6 Å². The van der Waals surface area contributed by atoms with Gasteiger partial charge in [-0.3, -0.25) is 4.98 Å². The van der Waals surface area contributed by atoms with E-state index in [0.29, 0.717) is 5.92 Å². The van der Waals surface area contributed by atoms with E-state index >= 15 is 0 Å². The monoisotopic (exact) mass is 274 g/mol. The van der Waals surface area contributed by atoms with Crippen LogP contribution in [0.3, 0.4) is 0 Å². The predicted octanol–water partition coefficient (Wildman–Crippen LogP) is 3.49. The topological polar surface area (TPSA) is 43.4 Å². The number of anilines is 1. The molecule has 0 atom stereocenters. The van der Waals surface area contributed by atoms with Gasteiger partial charge in [-0.15, -0.1) is 0 Å². The molecule has 0 bridgehead atoms. The highest BCUT2D eigenvalue weighted by atomic mass is 16.5. The van der Waals surface area contributed by atoms with Crippen molar-refractivity contribution < 1.29 is 9.47 Å². The fourth-order valence-corrected chi connectivity index (χ4v) is 2.36. The van der Waals surface area contributed by atoms with Crippen LogP contribution >= 0.6 is 0 Å². The molecule has 0 saturated heterocycles. The second-order valence-corrected chi connectivity index (χ2v) is 5.23. The normalized spacial score (nSPS) is 10.9. The maximum Gasteiger partial charge on any atom is 0.134 e. The molecule has 1 aromatic heterocycles. The molecular weight excluding hydrogens is 252 g/mol. The Labute approximate surface area is 120 Å². The van der Waals surface area contributed by atoms with Crippen molar-refractivity contribution >= 4 is 16.6 Å². The Bertz CT molecular complexity index is 609. The molecule has 1 aromatic carbocycles. The highest BCUT2D eigenvalue weighted by molar-refractivity contribution is 5.97. The molecule has 0 radical (unpaired) electrons. The van der Waals surface area contributed by atoms with Crippen molar-refractivity contribution in [2.24, 2.45) is 5.92 Å². The zero-order valence-corrected chi connectivity index (χ0v) is 12.8. The molecule has 20 heavy (non-hydrogen) atoms. The van der Waals surface area contributed by atoms with Gasteiger partial charge in [0.25, 0.3) is 0 Å². The Kier molecular flexibility index (Phi) is 4.32. The number of pyridine rings is 1. The first kappa shape index (κ1) is 14.4. The lowest BCUT2D eigenvalue weighted by molar-refractivity contribution is 0.398. The van der Waals surface area contributed by atoms with Crippen molar-refractivity contribution in [1.82, 2.24) is 4.98 Å². The molecule has 0 fully saturated rings. The van der Waals surface area contributed by atoms with Crippen molar-refractivity contribution in [3.63, 3.8) is 0 Å². The molecule has 0 saturated carbocycles. The van der Waals surface area contributed by atoms with Gasteiger partial charge in [0.2, 0.25) is 0 Å². The number of ether oxygens (including phenoxy) is 2. The molecule has 0 amide bonds. The molecule has 0 aliphatic rings. The molecular formula is C16H22N2O2. The third-order valence-corrected chi connectivity index (χ3v) is 3.24. The highest BCUT2D eigenvalue weighted by Gasteiger charge is 2.13. The van der Waals surface area contributed by atoms with E-state index in [1.54, 1.807) is 14.2 Å². The molecule has 0 spiro atoms. The average molecular weight is 274 g/mol. The van der Waals surface area contributed by atoms with Crippen LogP contribution in [0.5, 0.6) is 11.5 Å². The van der Waals surface area contributed by atoms with Crippen molar-refractivity contribution in [3.8, 4) is 11.5 Å². The summed E-state index contributed by atoms with van der Waals surface area (Å²) in [4.78, 5) is 4.74. The second kappa shape index (κ2) is 5.99. The number of nitrogens with one attached hydrogen (secondary N) is 1. The van der Waals surface area contributed by atoms with Crippen LogP contribution in [0.15, 0.2) is 18.2 Å². The molecule has 2 aromatic rings. The molecule has 108 valence electrons. The lowest BCUT2D eigenvalue weighted by Gasteiger charge is -2.14. The van der Waals surface area contributed by atoms with Crippen LogP contribution in [0.4, 0.5) is 5.69 Å². The summed E-state index contributed by atoms with van der Waals surface area (Å²) in [5.74, 6) is 2.09. The number of benzene rings is 1. The van der Waals surface area contributed by atoms with Crippen LogP contribution in [0.2, 0.25) is 0 Å². The minimum Gasteiger partial charge on any atom is -0.497 e.